The number of Topliss-reactive ketones (excluding diaryl/α,β-unsaturated/α-hetero) is 1. The highest BCUT2D eigenvalue weighted by Crippen LogP contribution is 2.62. The number of unbranched alkanes of at least 4 members (excludes halogenated alkanes) is 2. The molecular formula is C32H45NO6S2. The van der Waals surface area contributed by atoms with Crippen LogP contribution in [-0.4, -0.2) is 44.5 Å². The van der Waals surface area contributed by atoms with Gasteiger partial charge in [0.2, 0.25) is 0 Å². The molecule has 0 atom stereocenters. The second-order valence-corrected chi connectivity index (χ2v) is 14.9. The fraction of sp³-hybridized carbons (Fsp3) is 0.500. The van der Waals surface area contributed by atoms with Crippen LogP contribution in [0.15, 0.2) is 58.5 Å². The lowest BCUT2D eigenvalue weighted by Gasteiger charge is -2.42. The monoisotopic (exact) mass is 603 g/mol. The first-order valence-corrected chi connectivity index (χ1v) is 17.2. The van der Waals surface area contributed by atoms with Crippen molar-refractivity contribution in [3.05, 3.63) is 54.3 Å². The van der Waals surface area contributed by atoms with Crippen LogP contribution in [0, 0.1) is 10.8 Å². The van der Waals surface area contributed by atoms with Crippen LogP contribution in [0.1, 0.15) is 83.5 Å². The number of anilines is 2. The Morgan fingerprint density at radius 3 is 2.20 bits per heavy atom. The van der Waals surface area contributed by atoms with Gasteiger partial charge in [-0.25, -0.2) is 4.79 Å². The molecule has 0 fully saturated rings. The minimum atomic E-state index is -3.24. The van der Waals surface area contributed by atoms with Gasteiger partial charge in [0.05, 0.1) is 27.8 Å². The van der Waals surface area contributed by atoms with Gasteiger partial charge in [0.15, 0.2) is 5.78 Å². The topological polar surface area (TPSA) is 107 Å². The van der Waals surface area contributed by atoms with Crippen LogP contribution in [0.3, 0.4) is 0 Å². The molecule has 226 valence electrons. The lowest BCUT2D eigenvalue weighted by Crippen LogP contribution is -2.38. The summed E-state index contributed by atoms with van der Waals surface area (Å²) in [5.41, 5.74) is 1.36. The summed E-state index contributed by atoms with van der Waals surface area (Å²) >= 11 is 1.44. The van der Waals surface area contributed by atoms with E-state index in [4.69, 9.17) is 9.84 Å². The Kier molecular flexibility index (Phi) is 11.0. The molecule has 3 N–H and O–H groups in total. The van der Waals surface area contributed by atoms with E-state index in [0.29, 0.717) is 28.4 Å². The smallest absolute Gasteiger partial charge is 0.331 e. The highest BCUT2D eigenvalue weighted by Gasteiger charge is 2.42. The van der Waals surface area contributed by atoms with Gasteiger partial charge in [-0.1, -0.05) is 60.3 Å². The molecule has 2 aromatic carbocycles. The van der Waals surface area contributed by atoms with Crippen LogP contribution in [-0.2, 0) is 4.79 Å². The Hall–Kier alpha value is -2.46. The maximum absolute atomic E-state index is 12.9. The molecule has 3 rings (SSSR count). The lowest BCUT2D eigenvalue weighted by molar-refractivity contribution is -0.131. The number of benzene rings is 2. The summed E-state index contributed by atoms with van der Waals surface area (Å²) in [6.07, 6.45) is 9.61. The molecule has 0 amide bonds. The molecule has 0 unspecified atom stereocenters. The van der Waals surface area contributed by atoms with Crippen LogP contribution in [0.4, 0.5) is 11.4 Å². The molecule has 2 aromatic rings. The van der Waals surface area contributed by atoms with Gasteiger partial charge in [-0.05, 0) is 49.4 Å². The van der Waals surface area contributed by atoms with Crippen LogP contribution in [0.5, 0.6) is 5.75 Å². The van der Waals surface area contributed by atoms with Gasteiger partial charge in [0, 0.05) is 40.4 Å². The predicted octanol–water partition coefficient (Wildman–Crippen LogP) is 9.24. The summed E-state index contributed by atoms with van der Waals surface area (Å²) in [5, 5.41) is 9.01. The van der Waals surface area contributed by atoms with E-state index in [2.05, 4.69) is 18.7 Å². The number of fused-ring (bicyclic) bond motifs is 1. The standard InChI is InChI=1S/C32H45NO6S2/c1-7-9-16-32(17-10-8-2)21-33(24-13-11-23(12-14-24)30(36)31(3,4)5)25-19-27(40-6)26(39-18-15-29(34)35)20-28(25)41(37,38)22-32/h11-15,18-20,37-38H,7-10,16-17,21-22H2,1-6H3,(H,34,35)/b18-15+. The van der Waals surface area contributed by atoms with E-state index in [0.717, 1.165) is 61.4 Å². The SMILES string of the molecule is CCCCC1(CCCC)CN(c2ccc(C(=O)C(C)(C)C)cc2)c2cc(SC)c(O/C=C/C(=O)O)cc2S(O)(O)C1. The average molecular weight is 604 g/mol. The maximum Gasteiger partial charge on any atom is 0.331 e. The molecule has 0 aliphatic carbocycles. The first-order valence-electron chi connectivity index (χ1n) is 14.2. The van der Waals surface area contributed by atoms with Gasteiger partial charge in [-0.15, -0.1) is 11.8 Å². The number of carbonyl (C=O) groups is 2. The van der Waals surface area contributed by atoms with Gasteiger partial charge < -0.3 is 14.7 Å². The summed E-state index contributed by atoms with van der Waals surface area (Å²) < 4.78 is 29.3. The number of thioether (sulfide) groups is 1. The average Bonchev–Trinajstić information content (AvgIpc) is 3.01. The van der Waals surface area contributed by atoms with E-state index in [9.17, 15) is 18.7 Å². The number of carboxylic acids is 1. The molecule has 1 aliphatic rings. The predicted molar refractivity (Wildman–Crippen MR) is 170 cm³/mol. The number of nitrogens with zero attached hydrogens (tertiary/aromatic N) is 1. The summed E-state index contributed by atoms with van der Waals surface area (Å²) in [5.74, 6) is -0.455. The minimum absolute atomic E-state index is 0.0654. The third-order valence-corrected chi connectivity index (χ3v) is 10.3. The molecule has 0 saturated carbocycles. The fourth-order valence-electron chi connectivity index (χ4n) is 5.38. The van der Waals surface area contributed by atoms with E-state index < -0.39 is 22.0 Å². The first-order chi connectivity index (χ1) is 19.3. The van der Waals surface area contributed by atoms with Crippen molar-refractivity contribution >= 4 is 45.5 Å². The van der Waals surface area contributed by atoms with E-state index in [1.54, 1.807) is 6.07 Å². The molecule has 0 aromatic heterocycles. The minimum Gasteiger partial charge on any atom is -0.478 e. The van der Waals surface area contributed by atoms with Crippen LogP contribution in [0.25, 0.3) is 0 Å². The molecule has 9 heteroatoms. The first kappa shape index (κ1) is 33.0. The van der Waals surface area contributed by atoms with E-state index in [1.807, 2.05) is 57.4 Å². The number of carbonyl (C=O) groups excluding carboxylic acids is 1. The van der Waals surface area contributed by atoms with Gasteiger partial charge in [-0.2, -0.15) is 10.6 Å². The Bertz CT molecular complexity index is 1240. The quantitative estimate of drug-likeness (QED) is 0.0954. The van der Waals surface area contributed by atoms with E-state index in [1.165, 1.54) is 11.8 Å². The molecule has 0 bridgehead atoms. The van der Waals surface area contributed by atoms with Crippen molar-refractivity contribution in [3.8, 4) is 5.75 Å². The van der Waals surface area contributed by atoms with Crippen molar-refractivity contribution in [3.63, 3.8) is 0 Å². The van der Waals surface area contributed by atoms with Crippen molar-refractivity contribution in [2.45, 2.75) is 82.9 Å². The second kappa shape index (κ2) is 13.7. The van der Waals surface area contributed by atoms with Crippen LogP contribution in [0.2, 0.25) is 0 Å². The zero-order valence-electron chi connectivity index (χ0n) is 25.1. The molecular weight excluding hydrogens is 558 g/mol. The van der Waals surface area contributed by atoms with Crippen LogP contribution < -0.4 is 9.64 Å². The summed E-state index contributed by atoms with van der Waals surface area (Å²) in [4.78, 5) is 27.3. The summed E-state index contributed by atoms with van der Waals surface area (Å²) in [7, 11) is -3.24. The number of aliphatic carboxylic acids is 1. The fourth-order valence-corrected chi connectivity index (χ4v) is 8.11. The van der Waals surface area contributed by atoms with Gasteiger partial charge in [0.1, 0.15) is 5.75 Å². The lowest BCUT2D eigenvalue weighted by atomic mass is 9.79. The molecule has 41 heavy (non-hydrogen) atoms. The molecule has 0 saturated heterocycles. The molecule has 7 nitrogen and oxygen atoms in total. The number of carboxylic acid groups (broad SMARTS) is 1. The normalized spacial score (nSPS) is 17.1. The Morgan fingerprint density at radius 1 is 1.07 bits per heavy atom. The highest BCUT2D eigenvalue weighted by atomic mass is 32.3. The Morgan fingerprint density at radius 2 is 1.68 bits per heavy atom. The summed E-state index contributed by atoms with van der Waals surface area (Å²) in [6, 6.07) is 11.2. The van der Waals surface area contributed by atoms with Crippen molar-refractivity contribution in [2.24, 2.45) is 10.8 Å². The van der Waals surface area contributed by atoms with Crippen molar-refractivity contribution in [1.82, 2.24) is 0 Å². The molecule has 1 heterocycles. The van der Waals surface area contributed by atoms with Crippen molar-refractivity contribution in [1.29, 1.82) is 0 Å². The van der Waals surface area contributed by atoms with Gasteiger partial charge in [-0.3, -0.25) is 13.9 Å². The zero-order valence-corrected chi connectivity index (χ0v) is 26.7. The van der Waals surface area contributed by atoms with Crippen LogP contribution >= 0.6 is 22.4 Å². The third kappa shape index (κ3) is 8.09. The number of ketones is 1. The molecule has 0 radical (unpaired) electrons. The zero-order chi connectivity index (χ0) is 30.4. The number of rotatable bonds is 12. The Balaban J connectivity index is 2.23. The number of ether oxygens (including phenoxy) is 1. The highest BCUT2D eigenvalue weighted by molar-refractivity contribution is 8.24. The maximum atomic E-state index is 12.9. The van der Waals surface area contributed by atoms with Crippen molar-refractivity contribution in [2.75, 3.05) is 23.5 Å². The second-order valence-electron chi connectivity index (χ2n) is 12.0. The van der Waals surface area contributed by atoms with Crippen molar-refractivity contribution < 1.29 is 28.5 Å². The largest absolute Gasteiger partial charge is 0.478 e. The van der Waals surface area contributed by atoms with E-state index in [-0.39, 0.29) is 17.0 Å². The summed E-state index contributed by atoms with van der Waals surface area (Å²) in [6.45, 7) is 10.6. The molecule has 0 spiro atoms. The third-order valence-electron chi connectivity index (χ3n) is 7.54. The van der Waals surface area contributed by atoms with Gasteiger partial charge >= 0.3 is 5.97 Å². The van der Waals surface area contributed by atoms with E-state index >= 15 is 0 Å². The Labute approximate surface area is 250 Å². The van der Waals surface area contributed by atoms with Gasteiger partial charge in [0.25, 0.3) is 0 Å². The number of hydrogen-bond donors (Lipinski definition) is 3. The molecule has 1 aliphatic heterocycles. The number of hydrogen-bond acceptors (Lipinski definition) is 7.